The van der Waals surface area contributed by atoms with Crippen LogP contribution in [0.4, 0.5) is 17.1 Å². The van der Waals surface area contributed by atoms with Gasteiger partial charge in [0, 0.05) is 10.4 Å². The topological polar surface area (TPSA) is 138 Å². The lowest BCUT2D eigenvalue weighted by atomic mass is 10.0. The number of hydrogen-bond acceptors (Lipinski definition) is 7. The molecular weight excluding hydrogens is 553 g/mol. The highest BCUT2D eigenvalue weighted by Crippen LogP contribution is 2.41. The Labute approximate surface area is 228 Å². The summed E-state index contributed by atoms with van der Waals surface area (Å²) in [6.07, 6.45) is 0.255. The fourth-order valence-corrected chi connectivity index (χ4v) is 5.42. The quantitative estimate of drug-likeness (QED) is 0.156. The van der Waals surface area contributed by atoms with Crippen molar-refractivity contribution in [2.75, 3.05) is 12.4 Å². The number of phenols is 1. The Morgan fingerprint density at radius 1 is 1.03 bits per heavy atom. The van der Waals surface area contributed by atoms with Gasteiger partial charge in [-0.1, -0.05) is 60.5 Å². The molecule has 0 bridgehead atoms. The molecular formula is C26H21Cl2N3O6S. The molecule has 9 nitrogen and oxygen atoms in total. The fourth-order valence-electron chi connectivity index (χ4n) is 3.93. The summed E-state index contributed by atoms with van der Waals surface area (Å²) in [5.41, 5.74) is 0.413. The van der Waals surface area contributed by atoms with Crippen molar-refractivity contribution >= 4 is 67.1 Å². The van der Waals surface area contributed by atoms with Gasteiger partial charge in [0.1, 0.15) is 10.6 Å². The highest BCUT2D eigenvalue weighted by molar-refractivity contribution is 7.85. The Morgan fingerprint density at radius 3 is 2.45 bits per heavy atom. The molecule has 4 aromatic carbocycles. The van der Waals surface area contributed by atoms with Crippen LogP contribution in [-0.4, -0.2) is 31.1 Å². The number of anilines is 1. The van der Waals surface area contributed by atoms with Crippen LogP contribution in [0.15, 0.2) is 75.8 Å². The van der Waals surface area contributed by atoms with E-state index in [-0.39, 0.29) is 44.6 Å². The molecule has 196 valence electrons. The van der Waals surface area contributed by atoms with Crippen molar-refractivity contribution in [3.8, 4) is 11.5 Å². The normalized spacial score (nSPS) is 11.7. The van der Waals surface area contributed by atoms with Crippen LogP contribution in [0, 0.1) is 0 Å². The molecule has 0 aromatic heterocycles. The SMILES string of the molecule is CCc1c(Cl)cc(N=Nc2c(O)c(C(=O)Nc3cccc(Cl)c3OC)cc3ccccc23)cc1S(=O)(=O)O. The summed E-state index contributed by atoms with van der Waals surface area (Å²) in [7, 11) is -3.17. The second-order valence-corrected chi connectivity index (χ2v) is 10.3. The third kappa shape index (κ3) is 5.44. The maximum absolute atomic E-state index is 13.2. The second kappa shape index (κ2) is 11.0. The van der Waals surface area contributed by atoms with Gasteiger partial charge in [-0.15, -0.1) is 5.11 Å². The monoisotopic (exact) mass is 573 g/mol. The van der Waals surface area contributed by atoms with Gasteiger partial charge in [-0.25, -0.2) is 0 Å². The summed E-state index contributed by atoms with van der Waals surface area (Å²) < 4.78 is 38.7. The van der Waals surface area contributed by atoms with E-state index in [4.69, 9.17) is 27.9 Å². The van der Waals surface area contributed by atoms with E-state index in [1.165, 1.54) is 19.2 Å². The molecule has 0 radical (unpaired) electrons. The van der Waals surface area contributed by atoms with Gasteiger partial charge in [-0.3, -0.25) is 9.35 Å². The molecule has 0 aliphatic rings. The zero-order chi connectivity index (χ0) is 27.6. The lowest BCUT2D eigenvalue weighted by molar-refractivity contribution is 0.102. The van der Waals surface area contributed by atoms with E-state index in [1.807, 2.05) is 0 Å². The number of para-hydroxylation sites is 1. The van der Waals surface area contributed by atoms with Gasteiger partial charge in [0.15, 0.2) is 11.5 Å². The van der Waals surface area contributed by atoms with Crippen molar-refractivity contribution in [1.82, 2.24) is 0 Å². The number of fused-ring (bicyclic) bond motifs is 1. The number of carbonyl (C=O) groups excluding carboxylic acids is 1. The Balaban J connectivity index is 1.82. The van der Waals surface area contributed by atoms with E-state index in [9.17, 15) is 22.9 Å². The summed E-state index contributed by atoms with van der Waals surface area (Å²) in [5.74, 6) is -0.865. The van der Waals surface area contributed by atoms with E-state index in [1.54, 1.807) is 49.4 Å². The first-order valence-electron chi connectivity index (χ1n) is 11.1. The highest BCUT2D eigenvalue weighted by Gasteiger charge is 2.21. The molecule has 0 unspecified atom stereocenters. The number of phenolic OH excluding ortho intramolecular Hbond substituents is 1. The number of nitrogens with one attached hydrogen (secondary N) is 1. The van der Waals surface area contributed by atoms with Crippen LogP contribution in [0.25, 0.3) is 10.8 Å². The Hall–Kier alpha value is -3.70. The summed E-state index contributed by atoms with van der Waals surface area (Å²) in [4.78, 5) is 12.8. The molecule has 0 saturated heterocycles. The average molecular weight is 574 g/mol. The predicted octanol–water partition coefficient (Wildman–Crippen LogP) is 7.34. The number of hydrogen-bond donors (Lipinski definition) is 3. The maximum Gasteiger partial charge on any atom is 0.294 e. The van der Waals surface area contributed by atoms with E-state index in [0.29, 0.717) is 21.5 Å². The molecule has 0 fully saturated rings. The minimum absolute atomic E-state index is 0.0156. The van der Waals surface area contributed by atoms with Gasteiger partial charge in [-0.05, 0) is 47.7 Å². The molecule has 0 aliphatic heterocycles. The molecule has 0 heterocycles. The zero-order valence-electron chi connectivity index (χ0n) is 20.1. The van der Waals surface area contributed by atoms with Crippen molar-refractivity contribution < 1.29 is 27.6 Å². The van der Waals surface area contributed by atoms with Gasteiger partial charge in [-0.2, -0.15) is 13.5 Å². The van der Waals surface area contributed by atoms with E-state index < -0.39 is 21.8 Å². The molecule has 12 heteroatoms. The lowest BCUT2D eigenvalue weighted by Crippen LogP contribution is -2.13. The van der Waals surface area contributed by atoms with E-state index in [2.05, 4.69) is 15.5 Å². The van der Waals surface area contributed by atoms with Crippen LogP contribution in [0.3, 0.4) is 0 Å². The third-order valence-electron chi connectivity index (χ3n) is 5.70. The van der Waals surface area contributed by atoms with Crippen LogP contribution in [0.1, 0.15) is 22.8 Å². The summed E-state index contributed by atoms with van der Waals surface area (Å²) in [6.45, 7) is 1.69. The van der Waals surface area contributed by atoms with E-state index in [0.717, 1.165) is 6.07 Å². The number of carbonyl (C=O) groups is 1. The highest BCUT2D eigenvalue weighted by atomic mass is 35.5. The molecule has 0 aliphatic carbocycles. The first-order valence-corrected chi connectivity index (χ1v) is 13.3. The van der Waals surface area contributed by atoms with Gasteiger partial charge < -0.3 is 15.2 Å². The number of amides is 1. The Morgan fingerprint density at radius 2 is 1.76 bits per heavy atom. The summed E-state index contributed by atoms with van der Waals surface area (Å²) >= 11 is 12.4. The molecule has 0 spiro atoms. The summed E-state index contributed by atoms with van der Waals surface area (Å²) in [6, 6.07) is 15.7. The molecule has 1 amide bonds. The number of aromatic hydroxyl groups is 1. The fraction of sp³-hybridized carbons (Fsp3) is 0.115. The number of rotatable bonds is 7. The number of halogens is 2. The van der Waals surface area contributed by atoms with Crippen LogP contribution < -0.4 is 10.1 Å². The number of ether oxygens (including phenoxy) is 1. The van der Waals surface area contributed by atoms with Crippen molar-refractivity contribution in [3.63, 3.8) is 0 Å². The van der Waals surface area contributed by atoms with Crippen LogP contribution >= 0.6 is 23.2 Å². The smallest absolute Gasteiger partial charge is 0.294 e. The first kappa shape index (κ1) is 27.3. The summed E-state index contributed by atoms with van der Waals surface area (Å²) in [5, 5.41) is 23.4. The molecule has 0 saturated carbocycles. The molecule has 4 aromatic rings. The van der Waals surface area contributed by atoms with Crippen molar-refractivity contribution in [1.29, 1.82) is 0 Å². The number of nitrogens with zero attached hydrogens (tertiary/aromatic N) is 2. The second-order valence-electron chi connectivity index (χ2n) is 8.05. The van der Waals surface area contributed by atoms with Gasteiger partial charge in [0.05, 0.1) is 29.1 Å². The molecule has 3 N–H and O–H groups in total. The Bertz CT molecular complexity index is 1710. The van der Waals surface area contributed by atoms with Gasteiger partial charge in [0.2, 0.25) is 0 Å². The van der Waals surface area contributed by atoms with Crippen LogP contribution in [0.2, 0.25) is 10.0 Å². The number of azo groups is 1. The first-order chi connectivity index (χ1) is 18.0. The van der Waals surface area contributed by atoms with Crippen molar-refractivity contribution in [3.05, 3.63) is 81.8 Å². The van der Waals surface area contributed by atoms with E-state index >= 15 is 0 Å². The average Bonchev–Trinajstić information content (AvgIpc) is 2.87. The van der Waals surface area contributed by atoms with Crippen molar-refractivity contribution in [2.45, 2.75) is 18.2 Å². The largest absolute Gasteiger partial charge is 0.505 e. The lowest BCUT2D eigenvalue weighted by Gasteiger charge is -2.14. The van der Waals surface area contributed by atoms with Gasteiger partial charge >= 0.3 is 0 Å². The standard InChI is InChI=1S/C26H21Cl2N3O6S/c1-3-16-20(28)12-15(13-22(16)38(34,35)36)30-31-23-17-8-5-4-7-14(17)11-18(24(23)32)26(33)29-21-10-6-9-19(27)25(21)37-2/h4-13,32H,3H2,1-2H3,(H,29,33)(H,34,35,36). The third-order valence-corrected chi connectivity index (χ3v) is 7.25. The molecule has 38 heavy (non-hydrogen) atoms. The van der Waals surface area contributed by atoms with Crippen LogP contribution in [-0.2, 0) is 16.5 Å². The maximum atomic E-state index is 13.2. The minimum Gasteiger partial charge on any atom is -0.505 e. The molecule has 0 atom stereocenters. The predicted molar refractivity (Wildman–Crippen MR) is 146 cm³/mol. The van der Waals surface area contributed by atoms with Crippen LogP contribution in [0.5, 0.6) is 11.5 Å². The number of benzene rings is 4. The van der Waals surface area contributed by atoms with Crippen molar-refractivity contribution in [2.24, 2.45) is 10.2 Å². The number of methoxy groups -OCH3 is 1. The molecule has 4 rings (SSSR count). The minimum atomic E-state index is -4.58. The Kier molecular flexibility index (Phi) is 7.89. The zero-order valence-corrected chi connectivity index (χ0v) is 22.4. The van der Waals surface area contributed by atoms with Gasteiger partial charge in [0.25, 0.3) is 16.0 Å².